The molecule has 0 aliphatic carbocycles. The maximum atomic E-state index is 15.0. The van der Waals surface area contributed by atoms with Crippen molar-refractivity contribution in [3.05, 3.63) is 73.2 Å². The largest absolute Gasteiger partial charge is 0.417 e. The molecule has 0 heterocycles. The first kappa shape index (κ1) is 33.7. The predicted octanol–water partition coefficient (Wildman–Crippen LogP) is 8.58. The van der Waals surface area contributed by atoms with Crippen molar-refractivity contribution < 1.29 is 53.5 Å². The van der Waals surface area contributed by atoms with Crippen LogP contribution in [0.25, 0.3) is 5.83 Å². The summed E-state index contributed by atoms with van der Waals surface area (Å²) in [5.41, 5.74) is -4.49. The van der Waals surface area contributed by atoms with Crippen molar-refractivity contribution in [2.45, 2.75) is 44.0 Å². The Morgan fingerprint density at radius 2 is 1.50 bits per heavy atom. The molecule has 2 atom stereocenters. The fourth-order valence-corrected chi connectivity index (χ4v) is 4.02. The number of halogens is 13. The van der Waals surface area contributed by atoms with E-state index in [-0.39, 0.29) is 26.7 Å². The summed E-state index contributed by atoms with van der Waals surface area (Å²) in [6.45, 7) is 0.966. The molecule has 2 aromatic carbocycles. The molecule has 0 aliphatic heterocycles. The molecule has 0 bridgehead atoms. The number of allylic oxidation sites excluding steroid dienone is 1. The molecule has 40 heavy (non-hydrogen) atoms. The van der Waals surface area contributed by atoms with Gasteiger partial charge in [0.05, 0.1) is 31.8 Å². The Bertz CT molecular complexity index is 1290. The quantitative estimate of drug-likeness (QED) is 0.174. The maximum Gasteiger partial charge on any atom is 0.417 e. The Morgan fingerprint density at radius 1 is 0.950 bits per heavy atom. The summed E-state index contributed by atoms with van der Waals surface area (Å²) in [6.07, 6.45) is -18.8. The molecule has 2 amide bonds. The lowest BCUT2D eigenvalue weighted by atomic mass is 9.95. The molecule has 0 aliphatic rings. The number of rotatable bonds is 7. The van der Waals surface area contributed by atoms with Crippen molar-refractivity contribution in [1.82, 2.24) is 10.6 Å². The molecule has 0 saturated heterocycles. The van der Waals surface area contributed by atoms with Crippen molar-refractivity contribution in [3.63, 3.8) is 0 Å². The van der Waals surface area contributed by atoms with Gasteiger partial charge in [-0.1, -0.05) is 29.3 Å². The van der Waals surface area contributed by atoms with Gasteiger partial charge in [0.2, 0.25) is 5.91 Å². The Morgan fingerprint density at radius 3 is 1.98 bits per heavy atom. The zero-order chi connectivity index (χ0) is 30.8. The highest BCUT2D eigenvalue weighted by Gasteiger charge is 2.41. The van der Waals surface area contributed by atoms with Crippen molar-refractivity contribution in [2.24, 2.45) is 0 Å². The summed E-state index contributed by atoms with van der Waals surface area (Å²) < 4.78 is 134. The highest BCUT2D eigenvalue weighted by Crippen LogP contribution is 2.43. The lowest BCUT2D eigenvalue weighted by molar-refractivity contribution is -0.154. The topological polar surface area (TPSA) is 58.2 Å². The van der Waals surface area contributed by atoms with E-state index < -0.39 is 76.9 Å². The molecule has 0 saturated carbocycles. The average Bonchev–Trinajstić information content (AvgIpc) is 2.77. The zero-order valence-corrected chi connectivity index (χ0v) is 22.7. The number of hydrogen-bond acceptors (Lipinski definition) is 2. The van der Waals surface area contributed by atoms with Gasteiger partial charge < -0.3 is 10.6 Å². The normalized spacial score (nSPS) is 14.5. The van der Waals surface area contributed by atoms with Gasteiger partial charge in [-0.15, -0.1) is 0 Å². The lowest BCUT2D eigenvalue weighted by Gasteiger charge is -2.20. The first-order valence-corrected chi connectivity index (χ1v) is 12.1. The van der Waals surface area contributed by atoms with Crippen LogP contribution in [0.4, 0.5) is 43.9 Å². The van der Waals surface area contributed by atoms with Gasteiger partial charge in [-0.25, -0.2) is 4.39 Å². The zero-order valence-electron chi connectivity index (χ0n) is 19.6. The third-order valence-electron chi connectivity index (χ3n) is 4.96. The van der Waals surface area contributed by atoms with Gasteiger partial charge in [-0.05, 0) is 58.8 Å². The summed E-state index contributed by atoms with van der Waals surface area (Å²) in [5, 5.41) is 3.06. The Kier molecular flexibility index (Phi) is 10.6. The summed E-state index contributed by atoms with van der Waals surface area (Å²) in [4.78, 5) is 23.7. The van der Waals surface area contributed by atoms with Crippen LogP contribution in [0.2, 0.25) is 10.0 Å². The summed E-state index contributed by atoms with van der Waals surface area (Å²) in [7, 11) is 0. The molecule has 2 unspecified atom stereocenters. The molecular weight excluding hydrogens is 677 g/mol. The van der Waals surface area contributed by atoms with Gasteiger partial charge in [-0.2, -0.15) is 39.5 Å². The summed E-state index contributed by atoms with van der Waals surface area (Å²) in [5.74, 6) is -7.52. The van der Waals surface area contributed by atoms with Crippen molar-refractivity contribution in [1.29, 1.82) is 0 Å². The van der Waals surface area contributed by atoms with Crippen LogP contribution in [-0.2, 0) is 11.0 Å². The van der Waals surface area contributed by atoms with Crippen LogP contribution >= 0.6 is 39.1 Å². The van der Waals surface area contributed by atoms with Crippen molar-refractivity contribution in [2.75, 3.05) is 0 Å². The molecule has 0 fully saturated rings. The van der Waals surface area contributed by atoms with E-state index in [0.717, 1.165) is 19.1 Å². The van der Waals surface area contributed by atoms with Crippen LogP contribution in [0.3, 0.4) is 0 Å². The number of nitrogens with one attached hydrogen (secondary N) is 2. The standard InChI is InChI=1S/C23H15BrCl2F10N2O2/c1-9(37-18(39)8-21(28,29)30)38-20(40)12-3-2-10(4-14(12)23(34,35)36)17(27)7-13(22(31,32)33)11-5-15(25)19(24)16(26)6-11/h2-7,9,13H,8H2,1H3,(H,37,39)(H,38,40)/b17-7-. The average molecular weight is 692 g/mol. The number of hydrogen-bond donors (Lipinski definition) is 2. The number of amides is 2. The fourth-order valence-electron chi connectivity index (χ4n) is 3.29. The first-order valence-electron chi connectivity index (χ1n) is 10.6. The number of carbonyl (C=O) groups excluding carboxylic acids is 2. The minimum Gasteiger partial charge on any atom is -0.336 e. The fraction of sp³-hybridized carbons (Fsp3) is 0.304. The molecule has 0 aromatic heterocycles. The van der Waals surface area contributed by atoms with E-state index in [0.29, 0.717) is 12.1 Å². The third kappa shape index (κ3) is 9.26. The van der Waals surface area contributed by atoms with Gasteiger partial charge in [-0.3, -0.25) is 9.59 Å². The van der Waals surface area contributed by atoms with E-state index in [1.165, 1.54) is 0 Å². The van der Waals surface area contributed by atoms with Crippen molar-refractivity contribution >= 4 is 56.8 Å². The third-order valence-corrected chi connectivity index (χ3v) is 6.87. The van der Waals surface area contributed by atoms with Crippen LogP contribution in [0.15, 0.2) is 40.9 Å². The predicted molar refractivity (Wildman–Crippen MR) is 129 cm³/mol. The minimum atomic E-state index is -5.32. The highest BCUT2D eigenvalue weighted by molar-refractivity contribution is 9.10. The SMILES string of the molecule is CC(NC(=O)CC(F)(F)F)NC(=O)c1ccc(/C(F)=C/C(c2cc(Cl)c(Br)c(Cl)c2)C(F)(F)F)cc1C(F)(F)F. The molecule has 2 aromatic rings. The number of alkyl halides is 9. The van der Waals surface area contributed by atoms with Gasteiger partial charge in [0.1, 0.15) is 18.2 Å². The van der Waals surface area contributed by atoms with Crippen LogP contribution in [0.5, 0.6) is 0 Å². The molecule has 220 valence electrons. The molecule has 4 nitrogen and oxygen atoms in total. The second kappa shape index (κ2) is 12.6. The number of benzene rings is 2. The monoisotopic (exact) mass is 690 g/mol. The first-order chi connectivity index (χ1) is 18.1. The van der Waals surface area contributed by atoms with E-state index in [1.54, 1.807) is 5.32 Å². The molecule has 0 spiro atoms. The van der Waals surface area contributed by atoms with Crippen LogP contribution in [-0.4, -0.2) is 30.3 Å². The lowest BCUT2D eigenvalue weighted by Crippen LogP contribution is -2.47. The highest BCUT2D eigenvalue weighted by atomic mass is 79.9. The van der Waals surface area contributed by atoms with E-state index in [2.05, 4.69) is 15.9 Å². The van der Waals surface area contributed by atoms with Gasteiger partial charge in [0, 0.05) is 5.56 Å². The molecular formula is C23H15BrCl2F10N2O2. The summed E-state index contributed by atoms with van der Waals surface area (Å²) >= 11 is 14.6. The van der Waals surface area contributed by atoms with Crippen LogP contribution in [0.1, 0.15) is 46.3 Å². The second-order valence-corrected chi connectivity index (χ2v) is 9.75. The van der Waals surface area contributed by atoms with Crippen LogP contribution in [0, 0.1) is 0 Å². The van der Waals surface area contributed by atoms with E-state index in [1.807, 2.05) is 5.32 Å². The smallest absolute Gasteiger partial charge is 0.336 e. The molecule has 2 N–H and O–H groups in total. The molecule has 2 rings (SSSR count). The van der Waals surface area contributed by atoms with E-state index in [9.17, 15) is 53.5 Å². The molecule has 0 radical (unpaired) electrons. The number of carbonyl (C=O) groups is 2. The second-order valence-electron chi connectivity index (χ2n) is 8.15. The Hall–Kier alpha value is -2.52. The van der Waals surface area contributed by atoms with Gasteiger partial charge >= 0.3 is 18.5 Å². The van der Waals surface area contributed by atoms with E-state index in [4.69, 9.17) is 23.2 Å². The van der Waals surface area contributed by atoms with Gasteiger partial charge in [0.15, 0.2) is 0 Å². The maximum absolute atomic E-state index is 15.0. The van der Waals surface area contributed by atoms with E-state index >= 15 is 0 Å². The molecule has 17 heteroatoms. The van der Waals surface area contributed by atoms with Crippen LogP contribution < -0.4 is 10.6 Å². The van der Waals surface area contributed by atoms with Gasteiger partial charge in [0.25, 0.3) is 5.91 Å². The minimum absolute atomic E-state index is 0.00336. The Labute approximate surface area is 237 Å². The Balaban J connectivity index is 2.44. The van der Waals surface area contributed by atoms with Crippen molar-refractivity contribution in [3.8, 4) is 0 Å². The summed E-state index contributed by atoms with van der Waals surface area (Å²) in [6, 6.07) is 2.81.